The zero-order valence-corrected chi connectivity index (χ0v) is 9.37. The summed E-state index contributed by atoms with van der Waals surface area (Å²) in [6.45, 7) is 6.16. The summed E-state index contributed by atoms with van der Waals surface area (Å²) in [7, 11) is 0. The van der Waals surface area contributed by atoms with E-state index in [2.05, 4.69) is 32.9 Å². The molecule has 0 unspecified atom stereocenters. The molecule has 1 radical (unpaired) electrons. The van der Waals surface area contributed by atoms with Crippen LogP contribution in [0.5, 0.6) is 5.75 Å². The Morgan fingerprint density at radius 1 is 1.07 bits per heavy atom. The highest BCUT2D eigenvalue weighted by Gasteiger charge is 2.13. The Balaban J connectivity index is 2.52. The van der Waals surface area contributed by atoms with E-state index in [4.69, 9.17) is 4.74 Å². The molecule has 0 heterocycles. The van der Waals surface area contributed by atoms with Gasteiger partial charge in [-0.05, 0) is 38.3 Å². The Morgan fingerprint density at radius 3 is 2.53 bits per heavy atom. The van der Waals surface area contributed by atoms with Crippen molar-refractivity contribution in [2.75, 3.05) is 0 Å². The van der Waals surface area contributed by atoms with Gasteiger partial charge in [-0.3, -0.25) is 0 Å². The van der Waals surface area contributed by atoms with Gasteiger partial charge in [0.2, 0.25) is 0 Å². The summed E-state index contributed by atoms with van der Waals surface area (Å²) in [5.41, 5.74) is -0.163. The molecule has 0 amide bonds. The molecule has 0 spiro atoms. The molecule has 0 saturated heterocycles. The normalized spacial score (nSPS) is 11.7. The van der Waals surface area contributed by atoms with E-state index in [-0.39, 0.29) is 5.60 Å². The van der Waals surface area contributed by atoms with Gasteiger partial charge in [0, 0.05) is 5.39 Å². The van der Waals surface area contributed by atoms with Crippen molar-refractivity contribution >= 4 is 10.8 Å². The van der Waals surface area contributed by atoms with Gasteiger partial charge >= 0.3 is 0 Å². The highest BCUT2D eigenvalue weighted by atomic mass is 16.5. The van der Waals surface area contributed by atoms with Crippen molar-refractivity contribution in [3.63, 3.8) is 0 Å². The molecule has 0 N–H and O–H groups in total. The van der Waals surface area contributed by atoms with Crippen LogP contribution in [0.4, 0.5) is 0 Å². The van der Waals surface area contributed by atoms with E-state index >= 15 is 0 Å². The summed E-state index contributed by atoms with van der Waals surface area (Å²) in [5.74, 6) is 0.928. The van der Waals surface area contributed by atoms with E-state index in [1.54, 1.807) is 0 Å². The minimum atomic E-state index is -0.163. The maximum Gasteiger partial charge on any atom is 0.127 e. The molecule has 0 aliphatic heterocycles. The van der Waals surface area contributed by atoms with Gasteiger partial charge in [-0.1, -0.05) is 30.3 Å². The van der Waals surface area contributed by atoms with Gasteiger partial charge in [-0.15, -0.1) is 0 Å². The first-order valence-electron chi connectivity index (χ1n) is 5.15. The van der Waals surface area contributed by atoms with E-state index in [0.717, 1.165) is 16.5 Å². The fourth-order valence-corrected chi connectivity index (χ4v) is 1.54. The SMILES string of the molecule is CC(C)(C)Oc1cc[c]c2ccccc12. The smallest absolute Gasteiger partial charge is 0.127 e. The Kier molecular flexibility index (Phi) is 2.39. The first-order chi connectivity index (χ1) is 7.06. The largest absolute Gasteiger partial charge is 0.488 e. The van der Waals surface area contributed by atoms with E-state index < -0.39 is 0 Å². The van der Waals surface area contributed by atoms with E-state index in [1.165, 1.54) is 0 Å². The van der Waals surface area contributed by atoms with Crippen LogP contribution in [0.15, 0.2) is 36.4 Å². The summed E-state index contributed by atoms with van der Waals surface area (Å²) in [6.07, 6.45) is 0. The third-order valence-electron chi connectivity index (χ3n) is 2.08. The Bertz CT molecular complexity index is 461. The average Bonchev–Trinajstić information content (AvgIpc) is 2.16. The van der Waals surface area contributed by atoms with Gasteiger partial charge < -0.3 is 4.74 Å². The first-order valence-corrected chi connectivity index (χ1v) is 5.15. The van der Waals surface area contributed by atoms with Crippen molar-refractivity contribution < 1.29 is 4.74 Å². The molecule has 0 aliphatic rings. The highest BCUT2D eigenvalue weighted by Crippen LogP contribution is 2.27. The Morgan fingerprint density at radius 2 is 1.80 bits per heavy atom. The summed E-state index contributed by atoms with van der Waals surface area (Å²) in [5, 5.41) is 2.22. The van der Waals surface area contributed by atoms with Crippen LogP contribution in [0.1, 0.15) is 20.8 Å². The molecule has 15 heavy (non-hydrogen) atoms. The number of fused-ring (bicyclic) bond motifs is 1. The molecule has 0 atom stereocenters. The van der Waals surface area contributed by atoms with Crippen LogP contribution in [0.2, 0.25) is 0 Å². The molecule has 0 saturated carbocycles. The molecule has 0 aliphatic carbocycles. The second-order valence-corrected chi connectivity index (χ2v) is 4.60. The lowest BCUT2D eigenvalue weighted by Gasteiger charge is -2.22. The van der Waals surface area contributed by atoms with Gasteiger partial charge in [0.15, 0.2) is 0 Å². The number of ether oxygens (including phenoxy) is 1. The van der Waals surface area contributed by atoms with Crippen LogP contribution in [-0.2, 0) is 0 Å². The maximum atomic E-state index is 5.89. The highest BCUT2D eigenvalue weighted by molar-refractivity contribution is 5.87. The summed E-state index contributed by atoms with van der Waals surface area (Å²) in [6, 6.07) is 15.2. The van der Waals surface area contributed by atoms with Gasteiger partial charge in [0.1, 0.15) is 11.4 Å². The molecule has 0 fully saturated rings. The van der Waals surface area contributed by atoms with E-state index in [0.29, 0.717) is 0 Å². The Hall–Kier alpha value is -1.50. The number of rotatable bonds is 1. The molecule has 0 aromatic heterocycles. The predicted octanol–water partition coefficient (Wildman–Crippen LogP) is 3.82. The van der Waals surface area contributed by atoms with Crippen molar-refractivity contribution in [2.45, 2.75) is 26.4 Å². The third kappa shape index (κ3) is 2.30. The number of hydrogen-bond acceptors (Lipinski definition) is 1. The van der Waals surface area contributed by atoms with Crippen LogP contribution in [0.25, 0.3) is 10.8 Å². The quantitative estimate of drug-likeness (QED) is 0.678. The monoisotopic (exact) mass is 199 g/mol. The zero-order valence-electron chi connectivity index (χ0n) is 9.37. The van der Waals surface area contributed by atoms with Crippen molar-refractivity contribution in [3.05, 3.63) is 42.5 Å². The molecule has 77 valence electrons. The first kappa shape index (κ1) is 10.0. The molecule has 2 rings (SSSR count). The predicted molar refractivity (Wildman–Crippen MR) is 63.2 cm³/mol. The molecule has 0 bridgehead atoms. The molecule has 2 aromatic carbocycles. The molecule has 1 nitrogen and oxygen atoms in total. The van der Waals surface area contributed by atoms with Crippen molar-refractivity contribution in [3.8, 4) is 5.75 Å². The summed E-state index contributed by atoms with van der Waals surface area (Å²) < 4.78 is 5.89. The van der Waals surface area contributed by atoms with Crippen LogP contribution in [-0.4, -0.2) is 5.60 Å². The standard InChI is InChI=1S/C14H15O/c1-14(2,3)15-13-10-6-8-11-7-4-5-9-12(11)13/h4-7,9-10H,1-3H3. The molecule has 2 aromatic rings. The fraction of sp³-hybridized carbons (Fsp3) is 0.286. The molecular formula is C14H15O. The second-order valence-electron chi connectivity index (χ2n) is 4.60. The van der Waals surface area contributed by atoms with E-state index in [1.807, 2.05) is 30.3 Å². The minimum absolute atomic E-state index is 0.163. The zero-order chi connectivity index (χ0) is 10.9. The van der Waals surface area contributed by atoms with Crippen molar-refractivity contribution in [1.82, 2.24) is 0 Å². The summed E-state index contributed by atoms with van der Waals surface area (Å²) >= 11 is 0. The van der Waals surface area contributed by atoms with Gasteiger partial charge in [0.05, 0.1) is 0 Å². The second kappa shape index (κ2) is 3.58. The van der Waals surface area contributed by atoms with Crippen LogP contribution in [0, 0.1) is 6.07 Å². The number of hydrogen-bond donors (Lipinski definition) is 0. The van der Waals surface area contributed by atoms with E-state index in [9.17, 15) is 0 Å². The summed E-state index contributed by atoms with van der Waals surface area (Å²) in [4.78, 5) is 0. The number of benzene rings is 2. The van der Waals surface area contributed by atoms with Crippen LogP contribution in [0.3, 0.4) is 0 Å². The van der Waals surface area contributed by atoms with Crippen molar-refractivity contribution in [2.24, 2.45) is 0 Å². The Labute approximate surface area is 90.7 Å². The molecule has 1 heteroatoms. The lowest BCUT2D eigenvalue weighted by atomic mass is 10.1. The average molecular weight is 199 g/mol. The third-order valence-corrected chi connectivity index (χ3v) is 2.08. The van der Waals surface area contributed by atoms with Crippen molar-refractivity contribution in [1.29, 1.82) is 0 Å². The minimum Gasteiger partial charge on any atom is -0.488 e. The maximum absolute atomic E-state index is 5.89. The van der Waals surface area contributed by atoms with Gasteiger partial charge in [0.25, 0.3) is 0 Å². The van der Waals surface area contributed by atoms with Gasteiger partial charge in [-0.25, -0.2) is 0 Å². The molecular weight excluding hydrogens is 184 g/mol. The fourth-order valence-electron chi connectivity index (χ4n) is 1.54. The lowest BCUT2D eigenvalue weighted by Crippen LogP contribution is -2.23. The van der Waals surface area contributed by atoms with Crippen LogP contribution < -0.4 is 4.74 Å². The lowest BCUT2D eigenvalue weighted by molar-refractivity contribution is 0.133. The van der Waals surface area contributed by atoms with Gasteiger partial charge in [-0.2, -0.15) is 0 Å². The topological polar surface area (TPSA) is 9.23 Å². The van der Waals surface area contributed by atoms with Crippen LogP contribution >= 0.6 is 0 Å².